The van der Waals surface area contributed by atoms with E-state index in [1.165, 1.54) is 6.07 Å². The molecule has 7 heteroatoms. The zero-order chi connectivity index (χ0) is 17.3. The average Bonchev–Trinajstić information content (AvgIpc) is 2.87. The van der Waals surface area contributed by atoms with E-state index in [0.717, 1.165) is 5.56 Å². The largest absolute Gasteiger partial charge is 0.496 e. The lowest BCUT2D eigenvalue weighted by Crippen LogP contribution is -2.23. The molecule has 2 aromatic carbocycles. The monoisotopic (exact) mass is 346 g/mol. The van der Waals surface area contributed by atoms with Crippen LogP contribution < -0.4 is 14.8 Å². The van der Waals surface area contributed by atoms with Crippen LogP contribution in [0.25, 0.3) is 0 Å². The van der Waals surface area contributed by atoms with E-state index in [0.29, 0.717) is 17.0 Å². The van der Waals surface area contributed by atoms with Gasteiger partial charge in [-0.15, -0.1) is 0 Å². The summed E-state index contributed by atoms with van der Waals surface area (Å²) in [4.78, 5) is 11.8. The maximum absolute atomic E-state index is 12.5. The van der Waals surface area contributed by atoms with Crippen molar-refractivity contribution in [2.45, 2.75) is 24.3 Å². The van der Waals surface area contributed by atoms with Crippen molar-refractivity contribution >= 4 is 21.6 Å². The number of anilines is 1. The second-order valence-electron chi connectivity index (χ2n) is 5.60. The van der Waals surface area contributed by atoms with Gasteiger partial charge in [0.05, 0.1) is 17.9 Å². The molecule has 1 amide bonds. The molecule has 2 N–H and O–H groups in total. The summed E-state index contributed by atoms with van der Waals surface area (Å²) in [5.74, 6) is 0.142. The SMILES string of the molecule is COc1ccccc1CNS(=O)(=O)c1ccc2c(c1)[C@H](C)C(=O)N2. The van der Waals surface area contributed by atoms with E-state index in [-0.39, 0.29) is 23.3 Å². The second kappa shape index (κ2) is 6.26. The summed E-state index contributed by atoms with van der Waals surface area (Å²) in [6, 6.07) is 11.9. The topological polar surface area (TPSA) is 84.5 Å². The van der Waals surface area contributed by atoms with Crippen molar-refractivity contribution in [1.29, 1.82) is 0 Å². The van der Waals surface area contributed by atoms with Crippen molar-refractivity contribution < 1.29 is 17.9 Å². The van der Waals surface area contributed by atoms with Crippen LogP contribution in [0.15, 0.2) is 47.4 Å². The summed E-state index contributed by atoms with van der Waals surface area (Å²) >= 11 is 0. The number of para-hydroxylation sites is 1. The minimum Gasteiger partial charge on any atom is -0.496 e. The molecule has 1 aliphatic heterocycles. The number of hydrogen-bond acceptors (Lipinski definition) is 4. The first kappa shape index (κ1) is 16.5. The minimum atomic E-state index is -3.69. The first-order valence-electron chi connectivity index (χ1n) is 7.49. The van der Waals surface area contributed by atoms with Gasteiger partial charge in [0, 0.05) is 17.8 Å². The fourth-order valence-electron chi connectivity index (χ4n) is 2.67. The van der Waals surface area contributed by atoms with E-state index in [1.54, 1.807) is 38.3 Å². The van der Waals surface area contributed by atoms with Gasteiger partial charge in [0.1, 0.15) is 5.75 Å². The van der Waals surface area contributed by atoms with Crippen molar-refractivity contribution in [3.05, 3.63) is 53.6 Å². The smallest absolute Gasteiger partial charge is 0.240 e. The molecule has 0 aliphatic carbocycles. The number of nitrogens with one attached hydrogen (secondary N) is 2. The molecule has 0 saturated carbocycles. The van der Waals surface area contributed by atoms with Crippen LogP contribution in [0.1, 0.15) is 24.0 Å². The van der Waals surface area contributed by atoms with Gasteiger partial charge in [-0.1, -0.05) is 18.2 Å². The normalized spacial score (nSPS) is 16.6. The van der Waals surface area contributed by atoms with Crippen LogP contribution >= 0.6 is 0 Å². The van der Waals surface area contributed by atoms with Gasteiger partial charge in [-0.3, -0.25) is 4.79 Å². The predicted molar refractivity (Wildman–Crippen MR) is 90.5 cm³/mol. The Hall–Kier alpha value is -2.38. The first-order chi connectivity index (χ1) is 11.4. The Kier molecular flexibility index (Phi) is 4.29. The van der Waals surface area contributed by atoms with Crippen LogP contribution in [0.3, 0.4) is 0 Å². The highest BCUT2D eigenvalue weighted by molar-refractivity contribution is 7.89. The number of ether oxygens (including phenoxy) is 1. The fourth-order valence-corrected chi connectivity index (χ4v) is 3.71. The molecule has 2 aromatic rings. The van der Waals surface area contributed by atoms with E-state index in [9.17, 15) is 13.2 Å². The highest BCUT2D eigenvalue weighted by Crippen LogP contribution is 2.33. The Labute approximate surface area is 140 Å². The molecule has 1 aliphatic rings. The molecule has 0 unspecified atom stereocenters. The van der Waals surface area contributed by atoms with Gasteiger partial charge < -0.3 is 10.1 Å². The number of benzene rings is 2. The highest BCUT2D eigenvalue weighted by atomic mass is 32.2. The van der Waals surface area contributed by atoms with Crippen LogP contribution in [0, 0.1) is 0 Å². The van der Waals surface area contributed by atoms with Crippen LogP contribution in [-0.4, -0.2) is 21.4 Å². The average molecular weight is 346 g/mol. The van der Waals surface area contributed by atoms with Gasteiger partial charge in [0.25, 0.3) is 0 Å². The van der Waals surface area contributed by atoms with Gasteiger partial charge in [-0.25, -0.2) is 13.1 Å². The van der Waals surface area contributed by atoms with Crippen molar-refractivity contribution in [3.63, 3.8) is 0 Å². The molecule has 0 saturated heterocycles. The van der Waals surface area contributed by atoms with E-state index < -0.39 is 10.0 Å². The molecule has 0 fully saturated rings. The summed E-state index contributed by atoms with van der Waals surface area (Å²) < 4.78 is 32.9. The molecule has 3 rings (SSSR count). The summed E-state index contributed by atoms with van der Waals surface area (Å²) in [5.41, 5.74) is 2.10. The Bertz CT molecular complexity index is 893. The molecule has 0 bridgehead atoms. The Balaban J connectivity index is 1.83. The van der Waals surface area contributed by atoms with E-state index in [4.69, 9.17) is 4.74 Å². The molecular formula is C17H18N2O4S. The maximum Gasteiger partial charge on any atom is 0.240 e. The summed E-state index contributed by atoms with van der Waals surface area (Å²) in [5, 5.41) is 2.73. The van der Waals surface area contributed by atoms with Crippen LogP contribution in [-0.2, 0) is 21.4 Å². The molecule has 0 aromatic heterocycles. The third-order valence-corrected chi connectivity index (χ3v) is 5.50. The summed E-state index contributed by atoms with van der Waals surface area (Å²) in [7, 11) is -2.15. The number of carbonyl (C=O) groups is 1. The van der Waals surface area contributed by atoms with Gasteiger partial charge >= 0.3 is 0 Å². The van der Waals surface area contributed by atoms with E-state index >= 15 is 0 Å². The first-order valence-corrected chi connectivity index (χ1v) is 8.97. The zero-order valence-electron chi connectivity index (χ0n) is 13.4. The lowest BCUT2D eigenvalue weighted by molar-refractivity contribution is -0.116. The van der Waals surface area contributed by atoms with E-state index in [1.807, 2.05) is 12.1 Å². The lowest BCUT2D eigenvalue weighted by Gasteiger charge is -2.11. The molecule has 1 heterocycles. The number of fused-ring (bicyclic) bond motifs is 1. The van der Waals surface area contributed by atoms with Crippen LogP contribution in [0.5, 0.6) is 5.75 Å². The molecule has 0 radical (unpaired) electrons. The Morgan fingerprint density at radius 1 is 1.21 bits per heavy atom. The van der Waals surface area contributed by atoms with Crippen molar-refractivity contribution in [3.8, 4) is 5.75 Å². The Morgan fingerprint density at radius 3 is 2.71 bits per heavy atom. The number of sulfonamides is 1. The number of rotatable bonds is 5. The van der Waals surface area contributed by atoms with Crippen molar-refractivity contribution in [2.75, 3.05) is 12.4 Å². The quantitative estimate of drug-likeness (QED) is 0.869. The maximum atomic E-state index is 12.5. The van der Waals surface area contributed by atoms with Gasteiger partial charge in [-0.05, 0) is 36.8 Å². The Morgan fingerprint density at radius 2 is 1.96 bits per heavy atom. The summed E-state index contributed by atoms with van der Waals surface area (Å²) in [6.45, 7) is 1.87. The molecule has 0 spiro atoms. The van der Waals surface area contributed by atoms with Gasteiger partial charge in [0.2, 0.25) is 15.9 Å². The van der Waals surface area contributed by atoms with Gasteiger partial charge in [-0.2, -0.15) is 0 Å². The number of carbonyl (C=O) groups excluding carboxylic acids is 1. The fraction of sp³-hybridized carbons (Fsp3) is 0.235. The lowest BCUT2D eigenvalue weighted by atomic mass is 10.0. The standard InChI is InChI=1S/C17H18N2O4S/c1-11-14-9-13(7-8-15(14)19-17(11)20)24(21,22)18-10-12-5-3-4-6-16(12)23-2/h3-9,11,18H,10H2,1-2H3,(H,19,20)/t11-/m0/s1. The van der Waals surface area contributed by atoms with Crippen LogP contribution in [0.2, 0.25) is 0 Å². The zero-order valence-corrected chi connectivity index (χ0v) is 14.2. The molecule has 6 nitrogen and oxygen atoms in total. The minimum absolute atomic E-state index is 0.121. The number of methoxy groups -OCH3 is 1. The third-order valence-electron chi connectivity index (χ3n) is 4.10. The summed E-state index contributed by atoms with van der Waals surface area (Å²) in [6.07, 6.45) is 0. The van der Waals surface area contributed by atoms with Gasteiger partial charge in [0.15, 0.2) is 0 Å². The van der Waals surface area contributed by atoms with Crippen molar-refractivity contribution in [2.24, 2.45) is 0 Å². The number of hydrogen-bond donors (Lipinski definition) is 2. The molecule has 1 atom stereocenters. The van der Waals surface area contributed by atoms with Crippen LogP contribution in [0.4, 0.5) is 5.69 Å². The van der Waals surface area contributed by atoms with Crippen molar-refractivity contribution in [1.82, 2.24) is 4.72 Å². The molecular weight excluding hydrogens is 328 g/mol. The molecule has 24 heavy (non-hydrogen) atoms. The molecule has 126 valence electrons. The third kappa shape index (κ3) is 3.00. The predicted octanol–water partition coefficient (Wildman–Crippen LogP) is 2.23. The van der Waals surface area contributed by atoms with E-state index in [2.05, 4.69) is 10.0 Å². The number of amides is 1. The second-order valence-corrected chi connectivity index (χ2v) is 7.36. The highest BCUT2D eigenvalue weighted by Gasteiger charge is 2.28.